The normalized spacial score (nSPS) is 26.3. The maximum absolute atomic E-state index is 12.1. The molecule has 23 heavy (non-hydrogen) atoms. The average molecular weight is 354 g/mol. The Kier molecular flexibility index (Phi) is 5.04. The first-order chi connectivity index (χ1) is 10.8. The predicted molar refractivity (Wildman–Crippen MR) is 93.4 cm³/mol. The predicted octanol–water partition coefficient (Wildman–Crippen LogP) is 2.35. The minimum Gasteiger partial charge on any atom is -0.488 e. The van der Waals surface area contributed by atoms with Crippen molar-refractivity contribution in [2.24, 2.45) is 5.92 Å². The van der Waals surface area contributed by atoms with Gasteiger partial charge in [-0.15, -0.1) is 23.7 Å². The molecule has 2 aliphatic rings. The molecule has 2 aromatic rings. The van der Waals surface area contributed by atoms with Crippen LogP contribution in [0.5, 0.6) is 5.75 Å². The zero-order chi connectivity index (χ0) is 14.9. The standard InChI is InChI=1S/C16H19N3O2S.ClH/c20-16(19-11-4-5-17-8-11)10-6-12(7-10)21-13-2-1-3-14-15(13)18-9-22-14;/h1-3,9-12,17H,4-8H2,(H,19,20);1H. The second-order valence-corrected chi connectivity index (χ2v) is 6.95. The van der Waals surface area contributed by atoms with Gasteiger partial charge in [0.15, 0.2) is 0 Å². The van der Waals surface area contributed by atoms with Crippen molar-refractivity contribution < 1.29 is 9.53 Å². The Hall–Kier alpha value is -1.37. The molecule has 2 N–H and O–H groups in total. The Morgan fingerprint density at radius 3 is 3.04 bits per heavy atom. The molecule has 1 unspecified atom stereocenters. The first-order valence-corrected chi connectivity index (χ1v) is 8.67. The number of hydrogen-bond donors (Lipinski definition) is 2. The summed E-state index contributed by atoms with van der Waals surface area (Å²) in [6, 6.07) is 6.30. The van der Waals surface area contributed by atoms with E-state index >= 15 is 0 Å². The van der Waals surface area contributed by atoms with Gasteiger partial charge in [-0.25, -0.2) is 4.98 Å². The van der Waals surface area contributed by atoms with Gasteiger partial charge in [-0.2, -0.15) is 0 Å². The van der Waals surface area contributed by atoms with Crippen molar-refractivity contribution in [2.45, 2.75) is 31.4 Å². The highest BCUT2D eigenvalue weighted by Crippen LogP contribution is 2.35. The van der Waals surface area contributed by atoms with Crippen molar-refractivity contribution in [3.63, 3.8) is 0 Å². The highest BCUT2D eigenvalue weighted by molar-refractivity contribution is 7.16. The number of thiazole rings is 1. The van der Waals surface area contributed by atoms with Crippen molar-refractivity contribution >= 4 is 39.9 Å². The van der Waals surface area contributed by atoms with E-state index in [0.29, 0.717) is 6.04 Å². The maximum atomic E-state index is 12.1. The molecule has 0 spiro atoms. The van der Waals surface area contributed by atoms with Crippen LogP contribution in [-0.4, -0.2) is 36.1 Å². The number of nitrogens with zero attached hydrogens (tertiary/aromatic N) is 1. The van der Waals surface area contributed by atoms with E-state index in [0.717, 1.165) is 48.3 Å². The molecule has 7 heteroatoms. The Labute approximate surface area is 145 Å². The van der Waals surface area contributed by atoms with Crippen LogP contribution in [0.2, 0.25) is 0 Å². The fourth-order valence-corrected chi connectivity index (χ4v) is 3.80. The van der Waals surface area contributed by atoms with Crippen molar-refractivity contribution in [3.8, 4) is 5.75 Å². The minimum absolute atomic E-state index is 0. The van der Waals surface area contributed by atoms with Crippen LogP contribution in [0, 0.1) is 5.92 Å². The highest BCUT2D eigenvalue weighted by Gasteiger charge is 2.37. The Morgan fingerprint density at radius 1 is 1.39 bits per heavy atom. The van der Waals surface area contributed by atoms with Crippen LogP contribution >= 0.6 is 23.7 Å². The van der Waals surface area contributed by atoms with Crippen LogP contribution < -0.4 is 15.4 Å². The molecule has 1 aliphatic heterocycles. The van der Waals surface area contributed by atoms with E-state index in [1.807, 2.05) is 23.7 Å². The van der Waals surface area contributed by atoms with E-state index in [1.54, 1.807) is 11.3 Å². The summed E-state index contributed by atoms with van der Waals surface area (Å²) >= 11 is 1.62. The molecule has 1 amide bonds. The van der Waals surface area contributed by atoms with Crippen molar-refractivity contribution in [1.82, 2.24) is 15.6 Å². The monoisotopic (exact) mass is 353 g/mol. The number of aromatic nitrogens is 1. The SMILES string of the molecule is Cl.O=C(NC1CCNC1)C1CC(Oc2cccc3scnc23)C1. The lowest BCUT2D eigenvalue weighted by Crippen LogP contribution is -2.47. The second-order valence-electron chi connectivity index (χ2n) is 6.06. The number of ether oxygens (including phenoxy) is 1. The largest absolute Gasteiger partial charge is 0.488 e. The quantitative estimate of drug-likeness (QED) is 0.885. The number of nitrogens with one attached hydrogen (secondary N) is 2. The third kappa shape index (κ3) is 3.44. The number of benzene rings is 1. The molecule has 0 bridgehead atoms. The van der Waals surface area contributed by atoms with E-state index in [1.165, 1.54) is 0 Å². The molecular formula is C16H20ClN3O2S. The van der Waals surface area contributed by atoms with Crippen molar-refractivity contribution in [3.05, 3.63) is 23.7 Å². The van der Waals surface area contributed by atoms with Gasteiger partial charge in [0.1, 0.15) is 17.4 Å². The topological polar surface area (TPSA) is 63.2 Å². The number of para-hydroxylation sites is 1. The summed E-state index contributed by atoms with van der Waals surface area (Å²) in [6.45, 7) is 1.89. The molecule has 124 valence electrons. The van der Waals surface area contributed by atoms with Gasteiger partial charge in [0.25, 0.3) is 0 Å². The summed E-state index contributed by atoms with van der Waals surface area (Å²) < 4.78 is 7.16. The lowest BCUT2D eigenvalue weighted by Gasteiger charge is -2.35. The lowest BCUT2D eigenvalue weighted by atomic mass is 9.81. The molecule has 1 saturated carbocycles. The van der Waals surface area contributed by atoms with Crippen molar-refractivity contribution in [1.29, 1.82) is 0 Å². The number of halogens is 1. The Bertz CT molecular complexity index is 681. The number of carbonyl (C=O) groups is 1. The lowest BCUT2D eigenvalue weighted by molar-refractivity contribution is -0.131. The van der Waals surface area contributed by atoms with Crippen LogP contribution in [-0.2, 0) is 4.79 Å². The van der Waals surface area contributed by atoms with Crippen LogP contribution in [0.3, 0.4) is 0 Å². The van der Waals surface area contributed by atoms with Gasteiger partial charge >= 0.3 is 0 Å². The summed E-state index contributed by atoms with van der Waals surface area (Å²) in [5, 5.41) is 6.39. The number of hydrogen-bond acceptors (Lipinski definition) is 5. The third-order valence-corrected chi connectivity index (χ3v) is 5.28. The van der Waals surface area contributed by atoms with E-state index in [4.69, 9.17) is 4.74 Å². The summed E-state index contributed by atoms with van der Waals surface area (Å²) in [5.41, 5.74) is 2.77. The van der Waals surface area contributed by atoms with Crippen molar-refractivity contribution in [2.75, 3.05) is 13.1 Å². The smallest absolute Gasteiger partial charge is 0.223 e. The molecule has 1 aliphatic carbocycles. The van der Waals surface area contributed by atoms with Gasteiger partial charge in [-0.3, -0.25) is 4.79 Å². The molecule has 4 rings (SSSR count). The fourth-order valence-electron chi connectivity index (χ4n) is 3.11. The summed E-state index contributed by atoms with van der Waals surface area (Å²) in [5.74, 6) is 1.11. The van der Waals surface area contributed by atoms with E-state index < -0.39 is 0 Å². The van der Waals surface area contributed by atoms with Gasteiger partial charge in [-0.05, 0) is 37.9 Å². The molecule has 1 atom stereocenters. The number of rotatable bonds is 4. The van der Waals surface area contributed by atoms with E-state index in [2.05, 4.69) is 15.6 Å². The number of amides is 1. The number of fused-ring (bicyclic) bond motifs is 1. The summed E-state index contributed by atoms with van der Waals surface area (Å²) in [7, 11) is 0. The van der Waals surface area contributed by atoms with Gasteiger partial charge in [0.05, 0.1) is 10.2 Å². The first-order valence-electron chi connectivity index (χ1n) is 7.79. The average Bonchev–Trinajstić information content (AvgIpc) is 3.12. The molecular weight excluding hydrogens is 334 g/mol. The molecule has 0 radical (unpaired) electrons. The van der Waals surface area contributed by atoms with E-state index in [9.17, 15) is 4.79 Å². The zero-order valence-corrected chi connectivity index (χ0v) is 14.3. The second kappa shape index (κ2) is 7.03. The van der Waals surface area contributed by atoms with E-state index in [-0.39, 0.29) is 30.3 Å². The fraction of sp³-hybridized carbons (Fsp3) is 0.500. The maximum Gasteiger partial charge on any atom is 0.223 e. The van der Waals surface area contributed by atoms with Crippen LogP contribution in [0.4, 0.5) is 0 Å². The molecule has 1 saturated heterocycles. The Balaban J connectivity index is 0.00000156. The highest BCUT2D eigenvalue weighted by atomic mass is 35.5. The third-order valence-electron chi connectivity index (χ3n) is 4.49. The van der Waals surface area contributed by atoms with Crippen LogP contribution in [0.15, 0.2) is 23.7 Å². The molecule has 1 aromatic carbocycles. The number of carbonyl (C=O) groups excluding carboxylic acids is 1. The molecule has 5 nitrogen and oxygen atoms in total. The van der Waals surface area contributed by atoms with Gasteiger partial charge in [-0.1, -0.05) is 6.07 Å². The van der Waals surface area contributed by atoms with Gasteiger partial charge in [0, 0.05) is 18.5 Å². The van der Waals surface area contributed by atoms with Gasteiger partial charge in [0.2, 0.25) is 5.91 Å². The summed E-state index contributed by atoms with van der Waals surface area (Å²) in [6.07, 6.45) is 2.76. The van der Waals surface area contributed by atoms with Crippen LogP contribution in [0.1, 0.15) is 19.3 Å². The van der Waals surface area contributed by atoms with Crippen LogP contribution in [0.25, 0.3) is 10.2 Å². The minimum atomic E-state index is 0. The zero-order valence-electron chi connectivity index (χ0n) is 12.7. The Morgan fingerprint density at radius 2 is 2.26 bits per heavy atom. The molecule has 1 aromatic heterocycles. The molecule has 2 fully saturated rings. The summed E-state index contributed by atoms with van der Waals surface area (Å²) in [4.78, 5) is 16.5. The first kappa shape index (κ1) is 16.5. The van der Waals surface area contributed by atoms with Gasteiger partial charge < -0.3 is 15.4 Å². The molecule has 2 heterocycles.